The summed E-state index contributed by atoms with van der Waals surface area (Å²) in [7, 11) is 0. The van der Waals surface area contributed by atoms with Crippen LogP contribution in [0, 0.1) is 5.92 Å². The van der Waals surface area contributed by atoms with E-state index in [9.17, 15) is 4.79 Å². The largest absolute Gasteiger partial charge is 0.484 e. The van der Waals surface area contributed by atoms with Crippen molar-refractivity contribution < 1.29 is 14.3 Å². The van der Waals surface area contributed by atoms with E-state index in [1.54, 1.807) is 36.5 Å². The van der Waals surface area contributed by atoms with E-state index < -0.39 is 0 Å². The number of nitrogens with one attached hydrogen (secondary N) is 1. The molecule has 1 aliphatic rings. The number of hydrogen-bond donors (Lipinski definition) is 2. The Hall–Kier alpha value is -2.60. The van der Waals surface area contributed by atoms with Gasteiger partial charge in [0.2, 0.25) is 5.88 Å². The van der Waals surface area contributed by atoms with E-state index in [-0.39, 0.29) is 18.6 Å². The molecule has 1 aliphatic carbocycles. The predicted octanol–water partition coefficient (Wildman–Crippen LogP) is 2.89. The van der Waals surface area contributed by atoms with Crippen LogP contribution < -0.4 is 20.5 Å². The number of aromatic nitrogens is 1. The third-order valence-electron chi connectivity index (χ3n) is 4.61. The molecule has 0 spiro atoms. The SMILES string of the molecule is NCC1CCCCC1NC(=O)COc1ccc(Oc2ccccn2)cc1. The summed E-state index contributed by atoms with van der Waals surface area (Å²) in [6.07, 6.45) is 6.08. The van der Waals surface area contributed by atoms with Crippen LogP contribution in [0.25, 0.3) is 0 Å². The highest BCUT2D eigenvalue weighted by Crippen LogP contribution is 2.24. The Kier molecular flexibility index (Phi) is 6.44. The number of rotatable bonds is 7. The molecule has 2 atom stereocenters. The van der Waals surface area contributed by atoms with Gasteiger partial charge in [-0.2, -0.15) is 0 Å². The Morgan fingerprint density at radius 2 is 1.88 bits per heavy atom. The van der Waals surface area contributed by atoms with Crippen molar-refractivity contribution in [3.05, 3.63) is 48.7 Å². The molecule has 1 aromatic heterocycles. The summed E-state index contributed by atoms with van der Waals surface area (Å²) in [6, 6.07) is 12.8. The zero-order valence-electron chi connectivity index (χ0n) is 14.8. The van der Waals surface area contributed by atoms with Crippen LogP contribution >= 0.6 is 0 Å². The fourth-order valence-electron chi connectivity index (χ4n) is 3.21. The van der Waals surface area contributed by atoms with Crippen LogP contribution in [0.3, 0.4) is 0 Å². The summed E-state index contributed by atoms with van der Waals surface area (Å²) < 4.78 is 11.2. The van der Waals surface area contributed by atoms with Crippen LogP contribution in [0.15, 0.2) is 48.7 Å². The number of ether oxygens (including phenoxy) is 2. The topological polar surface area (TPSA) is 86.5 Å². The number of hydrogen-bond acceptors (Lipinski definition) is 5. The number of nitrogens with zero attached hydrogens (tertiary/aromatic N) is 1. The second kappa shape index (κ2) is 9.20. The van der Waals surface area contributed by atoms with Gasteiger partial charge in [0.15, 0.2) is 6.61 Å². The first-order valence-corrected chi connectivity index (χ1v) is 9.06. The van der Waals surface area contributed by atoms with Crippen molar-refractivity contribution in [2.75, 3.05) is 13.2 Å². The second-order valence-electron chi connectivity index (χ2n) is 6.48. The van der Waals surface area contributed by atoms with Gasteiger partial charge in [-0.3, -0.25) is 4.79 Å². The molecule has 1 heterocycles. The molecule has 0 saturated heterocycles. The van der Waals surface area contributed by atoms with Gasteiger partial charge in [0.05, 0.1) is 0 Å². The van der Waals surface area contributed by atoms with E-state index in [0.29, 0.717) is 29.8 Å². The molecule has 6 nitrogen and oxygen atoms in total. The molecule has 26 heavy (non-hydrogen) atoms. The third kappa shape index (κ3) is 5.20. The summed E-state index contributed by atoms with van der Waals surface area (Å²) in [4.78, 5) is 16.3. The molecule has 138 valence electrons. The molecule has 2 aromatic rings. The highest BCUT2D eigenvalue weighted by Gasteiger charge is 2.25. The van der Waals surface area contributed by atoms with Gasteiger partial charge in [-0.1, -0.05) is 18.9 Å². The van der Waals surface area contributed by atoms with Crippen molar-refractivity contribution in [1.29, 1.82) is 0 Å². The summed E-state index contributed by atoms with van der Waals surface area (Å²) in [5.41, 5.74) is 5.80. The smallest absolute Gasteiger partial charge is 0.258 e. The van der Waals surface area contributed by atoms with E-state index >= 15 is 0 Å². The Morgan fingerprint density at radius 1 is 1.12 bits per heavy atom. The second-order valence-corrected chi connectivity index (χ2v) is 6.48. The van der Waals surface area contributed by atoms with Crippen LogP contribution in [0.1, 0.15) is 25.7 Å². The van der Waals surface area contributed by atoms with Gasteiger partial charge < -0.3 is 20.5 Å². The van der Waals surface area contributed by atoms with Gasteiger partial charge in [-0.05, 0) is 55.6 Å². The zero-order chi connectivity index (χ0) is 18.2. The van der Waals surface area contributed by atoms with Crippen molar-refractivity contribution >= 4 is 5.91 Å². The number of nitrogens with two attached hydrogens (primary N) is 1. The van der Waals surface area contributed by atoms with E-state index in [4.69, 9.17) is 15.2 Å². The van der Waals surface area contributed by atoms with Gasteiger partial charge in [-0.15, -0.1) is 0 Å². The zero-order valence-corrected chi connectivity index (χ0v) is 14.8. The van der Waals surface area contributed by atoms with Crippen LogP contribution in [0.2, 0.25) is 0 Å². The van der Waals surface area contributed by atoms with Crippen molar-refractivity contribution in [1.82, 2.24) is 10.3 Å². The maximum absolute atomic E-state index is 12.1. The minimum Gasteiger partial charge on any atom is -0.484 e. The van der Waals surface area contributed by atoms with Crippen molar-refractivity contribution in [3.63, 3.8) is 0 Å². The van der Waals surface area contributed by atoms with E-state index in [0.717, 1.165) is 19.3 Å². The minimum atomic E-state index is -0.107. The normalized spacial score (nSPS) is 19.6. The average Bonchev–Trinajstić information content (AvgIpc) is 2.69. The Morgan fingerprint density at radius 3 is 2.62 bits per heavy atom. The van der Waals surface area contributed by atoms with Crippen molar-refractivity contribution in [3.8, 4) is 17.4 Å². The number of benzene rings is 1. The third-order valence-corrected chi connectivity index (χ3v) is 4.61. The standard InChI is InChI=1S/C20H25N3O3/c21-13-15-5-1-2-6-18(15)23-19(24)14-25-16-8-10-17(11-9-16)26-20-7-3-4-12-22-20/h3-4,7-12,15,18H,1-2,5-6,13-14,21H2,(H,23,24). The highest BCUT2D eigenvalue weighted by atomic mass is 16.5. The summed E-state index contributed by atoms with van der Waals surface area (Å²) in [5.74, 6) is 2.07. The number of amides is 1. The molecule has 0 radical (unpaired) electrons. The van der Waals surface area contributed by atoms with Crippen molar-refractivity contribution in [2.45, 2.75) is 31.7 Å². The summed E-state index contributed by atoms with van der Waals surface area (Å²) in [5, 5.41) is 3.06. The monoisotopic (exact) mass is 355 g/mol. The molecular weight excluding hydrogens is 330 g/mol. The lowest BCUT2D eigenvalue weighted by atomic mass is 9.84. The molecule has 6 heteroatoms. The Labute approximate surface area is 153 Å². The highest BCUT2D eigenvalue weighted by molar-refractivity contribution is 5.77. The molecule has 1 fully saturated rings. The van der Waals surface area contributed by atoms with Crippen LogP contribution in [0.4, 0.5) is 0 Å². The minimum absolute atomic E-state index is 0.00572. The van der Waals surface area contributed by atoms with E-state index in [1.807, 2.05) is 12.1 Å². The molecule has 3 N–H and O–H groups in total. The molecule has 0 aliphatic heterocycles. The number of pyridine rings is 1. The van der Waals surface area contributed by atoms with Crippen LogP contribution in [-0.2, 0) is 4.79 Å². The van der Waals surface area contributed by atoms with Crippen LogP contribution in [0.5, 0.6) is 17.4 Å². The first-order chi connectivity index (χ1) is 12.7. The Balaban J connectivity index is 1.46. The lowest BCUT2D eigenvalue weighted by molar-refractivity contribution is -0.124. The van der Waals surface area contributed by atoms with E-state index in [1.165, 1.54) is 6.42 Å². The lowest BCUT2D eigenvalue weighted by Crippen LogP contribution is -2.46. The van der Waals surface area contributed by atoms with E-state index in [2.05, 4.69) is 10.3 Å². The number of carbonyl (C=O) groups excluding carboxylic acids is 1. The van der Waals surface area contributed by atoms with Gasteiger partial charge in [0, 0.05) is 18.3 Å². The quantitative estimate of drug-likeness (QED) is 0.797. The van der Waals surface area contributed by atoms with Gasteiger partial charge in [0.1, 0.15) is 11.5 Å². The maximum atomic E-state index is 12.1. The predicted molar refractivity (Wildman–Crippen MR) is 99.2 cm³/mol. The molecule has 1 aromatic carbocycles. The van der Waals surface area contributed by atoms with Gasteiger partial charge in [-0.25, -0.2) is 4.98 Å². The number of carbonyl (C=O) groups is 1. The molecule has 0 bridgehead atoms. The molecule has 1 amide bonds. The molecule has 2 unspecified atom stereocenters. The first kappa shape index (κ1) is 18.2. The fraction of sp³-hybridized carbons (Fsp3) is 0.400. The average molecular weight is 355 g/mol. The maximum Gasteiger partial charge on any atom is 0.258 e. The van der Waals surface area contributed by atoms with Crippen LogP contribution in [-0.4, -0.2) is 30.1 Å². The van der Waals surface area contributed by atoms with Crippen molar-refractivity contribution in [2.24, 2.45) is 11.7 Å². The molecular formula is C20H25N3O3. The summed E-state index contributed by atoms with van der Waals surface area (Å²) >= 11 is 0. The molecule has 1 saturated carbocycles. The fourth-order valence-corrected chi connectivity index (χ4v) is 3.21. The molecule has 3 rings (SSSR count). The van der Waals surface area contributed by atoms with Gasteiger partial charge in [0.25, 0.3) is 5.91 Å². The Bertz CT molecular complexity index is 691. The first-order valence-electron chi connectivity index (χ1n) is 9.06. The van der Waals surface area contributed by atoms with Gasteiger partial charge >= 0.3 is 0 Å². The lowest BCUT2D eigenvalue weighted by Gasteiger charge is -2.31. The summed E-state index contributed by atoms with van der Waals surface area (Å²) in [6.45, 7) is 0.609.